The smallest absolute Gasteiger partial charge is 0.223 e. The van der Waals surface area contributed by atoms with Gasteiger partial charge in [0.1, 0.15) is 5.75 Å². The van der Waals surface area contributed by atoms with Crippen LogP contribution in [0.3, 0.4) is 0 Å². The Balaban J connectivity index is 1.39. The lowest BCUT2D eigenvalue weighted by atomic mass is 9.84. The van der Waals surface area contributed by atoms with Gasteiger partial charge in [-0.05, 0) is 62.1 Å². The maximum Gasteiger partial charge on any atom is 0.223 e. The number of carbonyl (C=O) groups is 1. The van der Waals surface area contributed by atoms with E-state index in [1.807, 2.05) is 24.3 Å². The van der Waals surface area contributed by atoms with Crippen molar-refractivity contribution in [2.75, 3.05) is 6.61 Å². The van der Waals surface area contributed by atoms with Crippen molar-refractivity contribution in [3.8, 4) is 5.75 Å². The molecule has 3 rings (SSSR count). The molecule has 22 heavy (non-hydrogen) atoms. The Hall–Kier alpha value is -1.03. The van der Waals surface area contributed by atoms with Gasteiger partial charge in [-0.3, -0.25) is 4.79 Å². The fraction of sp³-hybridized carbons (Fsp3) is 0.611. The number of hydrogen-bond donors (Lipinski definition) is 1. The summed E-state index contributed by atoms with van der Waals surface area (Å²) in [5.74, 6) is 3.36. The zero-order valence-corrected chi connectivity index (χ0v) is 14.6. The van der Waals surface area contributed by atoms with Crippen molar-refractivity contribution in [2.45, 2.75) is 45.1 Å². The molecule has 1 aromatic carbocycles. The predicted octanol–water partition coefficient (Wildman–Crippen LogP) is 4.16. The number of ether oxygens (including phenoxy) is 1. The highest BCUT2D eigenvalue weighted by Crippen LogP contribution is 2.49. The second kappa shape index (κ2) is 7.03. The number of hydrogen-bond acceptors (Lipinski definition) is 2. The van der Waals surface area contributed by atoms with Crippen molar-refractivity contribution in [3.63, 3.8) is 0 Å². The van der Waals surface area contributed by atoms with Crippen LogP contribution in [0.1, 0.15) is 39.0 Å². The van der Waals surface area contributed by atoms with E-state index >= 15 is 0 Å². The second-order valence-electron chi connectivity index (χ2n) is 6.75. The average Bonchev–Trinajstić information content (AvgIpc) is 3.10. The molecule has 4 unspecified atom stereocenters. The van der Waals surface area contributed by atoms with Crippen LogP contribution in [0.2, 0.25) is 0 Å². The number of fused-ring (bicyclic) bond motifs is 2. The summed E-state index contributed by atoms with van der Waals surface area (Å²) < 4.78 is 6.61. The molecular formula is C18H24BrNO2. The summed E-state index contributed by atoms with van der Waals surface area (Å²) in [6.07, 6.45) is 5.87. The third kappa shape index (κ3) is 3.83. The van der Waals surface area contributed by atoms with Gasteiger partial charge in [-0.25, -0.2) is 0 Å². The van der Waals surface area contributed by atoms with Gasteiger partial charge in [0.2, 0.25) is 5.91 Å². The van der Waals surface area contributed by atoms with Crippen molar-refractivity contribution < 1.29 is 9.53 Å². The molecule has 2 aliphatic carbocycles. The zero-order chi connectivity index (χ0) is 15.5. The van der Waals surface area contributed by atoms with Gasteiger partial charge in [-0.15, -0.1) is 0 Å². The van der Waals surface area contributed by atoms with E-state index in [1.54, 1.807) is 0 Å². The van der Waals surface area contributed by atoms with Crippen LogP contribution in [0.4, 0.5) is 0 Å². The molecule has 120 valence electrons. The molecule has 1 aromatic rings. The molecule has 4 heteroatoms. The van der Waals surface area contributed by atoms with Crippen molar-refractivity contribution >= 4 is 21.8 Å². The summed E-state index contributed by atoms with van der Waals surface area (Å²) in [6, 6.07) is 8.00. The van der Waals surface area contributed by atoms with E-state index in [0.717, 1.165) is 22.1 Å². The molecule has 0 aliphatic heterocycles. The minimum absolute atomic E-state index is 0.102. The standard InChI is InChI=1S/C18H24BrNO2/c1-12(17-10-13-5-6-14(17)9-13)20-18(21)7-8-22-16-4-2-3-15(19)11-16/h2-4,11-14,17H,5-10H2,1H3,(H,20,21). The van der Waals surface area contributed by atoms with Crippen molar-refractivity contribution in [3.05, 3.63) is 28.7 Å². The Morgan fingerprint density at radius 2 is 2.27 bits per heavy atom. The first kappa shape index (κ1) is 15.9. The lowest BCUT2D eigenvalue weighted by Crippen LogP contribution is -2.40. The summed E-state index contributed by atoms with van der Waals surface area (Å²) >= 11 is 3.41. The maximum atomic E-state index is 12.1. The zero-order valence-electron chi connectivity index (χ0n) is 13.1. The first-order valence-corrected chi connectivity index (χ1v) is 9.09. The van der Waals surface area contributed by atoms with Gasteiger partial charge in [-0.2, -0.15) is 0 Å². The van der Waals surface area contributed by atoms with Gasteiger partial charge in [0, 0.05) is 10.5 Å². The Labute approximate surface area is 140 Å². The summed E-state index contributed by atoms with van der Waals surface area (Å²) in [6.45, 7) is 2.59. The van der Waals surface area contributed by atoms with E-state index in [-0.39, 0.29) is 5.91 Å². The maximum absolute atomic E-state index is 12.1. The number of nitrogens with one attached hydrogen (secondary N) is 1. The molecule has 1 N–H and O–H groups in total. The van der Waals surface area contributed by atoms with Crippen LogP contribution in [-0.2, 0) is 4.79 Å². The molecule has 0 saturated heterocycles. The topological polar surface area (TPSA) is 38.3 Å². The van der Waals surface area contributed by atoms with Crippen LogP contribution in [-0.4, -0.2) is 18.6 Å². The van der Waals surface area contributed by atoms with Gasteiger partial charge in [0.05, 0.1) is 13.0 Å². The van der Waals surface area contributed by atoms with Gasteiger partial charge in [0.25, 0.3) is 0 Å². The van der Waals surface area contributed by atoms with Gasteiger partial charge >= 0.3 is 0 Å². The molecule has 4 atom stereocenters. The number of benzene rings is 1. The molecule has 0 aromatic heterocycles. The molecule has 0 radical (unpaired) electrons. The van der Waals surface area contributed by atoms with E-state index in [0.29, 0.717) is 25.0 Å². The Bertz CT molecular complexity index is 534. The quantitative estimate of drug-likeness (QED) is 0.821. The summed E-state index contributed by atoms with van der Waals surface area (Å²) in [4.78, 5) is 12.1. The Kier molecular flexibility index (Phi) is 5.07. The Morgan fingerprint density at radius 1 is 1.41 bits per heavy atom. The molecular weight excluding hydrogens is 342 g/mol. The van der Waals surface area contributed by atoms with Crippen LogP contribution >= 0.6 is 15.9 Å². The molecule has 2 fully saturated rings. The summed E-state index contributed by atoms with van der Waals surface area (Å²) in [7, 11) is 0. The number of carbonyl (C=O) groups excluding carboxylic acids is 1. The third-order valence-electron chi connectivity index (χ3n) is 5.22. The highest BCUT2D eigenvalue weighted by atomic mass is 79.9. The fourth-order valence-corrected chi connectivity index (χ4v) is 4.54. The first-order valence-electron chi connectivity index (χ1n) is 8.29. The van der Waals surface area contributed by atoms with Crippen LogP contribution in [0.5, 0.6) is 5.75 Å². The minimum atomic E-state index is 0.102. The fourth-order valence-electron chi connectivity index (χ4n) is 4.16. The lowest BCUT2D eigenvalue weighted by molar-refractivity contribution is -0.122. The predicted molar refractivity (Wildman–Crippen MR) is 90.8 cm³/mol. The van der Waals surface area contributed by atoms with Gasteiger partial charge in [0.15, 0.2) is 0 Å². The monoisotopic (exact) mass is 365 g/mol. The van der Waals surface area contributed by atoms with Crippen LogP contribution in [0, 0.1) is 17.8 Å². The summed E-state index contributed by atoms with van der Waals surface area (Å²) in [5.41, 5.74) is 0. The highest BCUT2D eigenvalue weighted by molar-refractivity contribution is 9.10. The van der Waals surface area contributed by atoms with E-state index in [4.69, 9.17) is 4.74 Å². The highest BCUT2D eigenvalue weighted by Gasteiger charge is 2.42. The molecule has 2 bridgehead atoms. The minimum Gasteiger partial charge on any atom is -0.493 e. The van der Waals surface area contributed by atoms with Gasteiger partial charge in [-0.1, -0.05) is 28.4 Å². The molecule has 0 spiro atoms. The Morgan fingerprint density at radius 3 is 2.95 bits per heavy atom. The lowest BCUT2D eigenvalue weighted by Gasteiger charge is -2.28. The van der Waals surface area contributed by atoms with Crippen molar-refractivity contribution in [1.29, 1.82) is 0 Å². The first-order chi connectivity index (χ1) is 10.6. The number of amides is 1. The van der Waals surface area contributed by atoms with Crippen molar-refractivity contribution in [1.82, 2.24) is 5.32 Å². The normalized spacial score (nSPS) is 27.6. The number of halogens is 1. The summed E-state index contributed by atoms with van der Waals surface area (Å²) in [5, 5.41) is 3.18. The second-order valence-corrected chi connectivity index (χ2v) is 7.67. The molecule has 3 nitrogen and oxygen atoms in total. The van der Waals surface area contributed by atoms with Crippen LogP contribution in [0.25, 0.3) is 0 Å². The van der Waals surface area contributed by atoms with Crippen LogP contribution < -0.4 is 10.1 Å². The van der Waals surface area contributed by atoms with E-state index in [1.165, 1.54) is 25.7 Å². The molecule has 2 aliphatic rings. The third-order valence-corrected chi connectivity index (χ3v) is 5.71. The van der Waals surface area contributed by atoms with Gasteiger partial charge < -0.3 is 10.1 Å². The molecule has 0 heterocycles. The largest absolute Gasteiger partial charge is 0.493 e. The SMILES string of the molecule is CC(NC(=O)CCOc1cccc(Br)c1)C1CC2CCC1C2. The molecule has 1 amide bonds. The van der Waals surface area contributed by atoms with E-state index < -0.39 is 0 Å². The molecule has 2 saturated carbocycles. The van der Waals surface area contributed by atoms with E-state index in [2.05, 4.69) is 28.2 Å². The van der Waals surface area contributed by atoms with Crippen molar-refractivity contribution in [2.24, 2.45) is 17.8 Å². The average molecular weight is 366 g/mol. The van der Waals surface area contributed by atoms with Crippen LogP contribution in [0.15, 0.2) is 28.7 Å². The van der Waals surface area contributed by atoms with E-state index in [9.17, 15) is 4.79 Å². The number of rotatable bonds is 6.